The SMILES string of the molecule is CCCCCCOc1cc2c3cc(OCCCCCC)c(OCCCCCC)cc3c3cc(OC(C)=O)c(OCCCCCC)cc3c2cc1OCCCCCC. The molecule has 0 heterocycles. The highest BCUT2D eigenvalue weighted by Crippen LogP contribution is 2.47. The van der Waals surface area contributed by atoms with Crippen molar-refractivity contribution in [3.05, 3.63) is 36.4 Å². The monoisotopic (exact) mass is 787 g/mol. The average molecular weight is 787 g/mol. The zero-order valence-electron chi connectivity index (χ0n) is 36.5. The summed E-state index contributed by atoms with van der Waals surface area (Å²) in [4.78, 5) is 12.5. The van der Waals surface area contributed by atoms with Crippen LogP contribution in [0.1, 0.15) is 170 Å². The first-order chi connectivity index (χ1) is 27.9. The molecule has 7 heteroatoms. The van der Waals surface area contributed by atoms with Crippen LogP contribution in [-0.4, -0.2) is 39.0 Å². The van der Waals surface area contributed by atoms with E-state index >= 15 is 0 Å². The minimum absolute atomic E-state index is 0.385. The topological polar surface area (TPSA) is 72.5 Å². The van der Waals surface area contributed by atoms with Crippen LogP contribution in [0.4, 0.5) is 0 Å². The number of esters is 1. The van der Waals surface area contributed by atoms with Gasteiger partial charge in [-0.3, -0.25) is 4.79 Å². The van der Waals surface area contributed by atoms with E-state index in [2.05, 4.69) is 65.0 Å². The molecule has 7 nitrogen and oxygen atoms in total. The predicted molar refractivity (Wildman–Crippen MR) is 238 cm³/mol. The third-order valence-electron chi connectivity index (χ3n) is 10.7. The van der Waals surface area contributed by atoms with E-state index in [9.17, 15) is 4.79 Å². The molecule has 0 saturated heterocycles. The molecule has 0 aliphatic heterocycles. The van der Waals surface area contributed by atoms with Crippen molar-refractivity contribution in [1.82, 2.24) is 0 Å². The van der Waals surface area contributed by atoms with Crippen LogP contribution in [0, 0.1) is 0 Å². The van der Waals surface area contributed by atoms with Gasteiger partial charge in [0, 0.05) is 6.92 Å². The smallest absolute Gasteiger partial charge is 0.308 e. The van der Waals surface area contributed by atoms with Crippen molar-refractivity contribution in [3.63, 3.8) is 0 Å². The minimum atomic E-state index is -0.385. The predicted octanol–water partition coefficient (Wildman–Crippen LogP) is 14.9. The third kappa shape index (κ3) is 14.5. The van der Waals surface area contributed by atoms with Crippen LogP contribution >= 0.6 is 0 Å². The van der Waals surface area contributed by atoms with E-state index in [1.807, 2.05) is 6.07 Å². The molecule has 0 saturated carbocycles. The highest BCUT2D eigenvalue weighted by Gasteiger charge is 2.21. The Hall–Kier alpha value is -3.87. The molecule has 0 spiro atoms. The zero-order valence-corrected chi connectivity index (χ0v) is 36.5. The summed E-state index contributed by atoms with van der Waals surface area (Å²) in [6.45, 7) is 15.6. The molecule has 0 radical (unpaired) electrons. The van der Waals surface area contributed by atoms with Crippen LogP contribution in [0.25, 0.3) is 32.3 Å². The first-order valence-electron chi connectivity index (χ1n) is 22.8. The van der Waals surface area contributed by atoms with Gasteiger partial charge in [-0.25, -0.2) is 0 Å². The number of benzene rings is 4. The maximum atomic E-state index is 12.5. The molecule has 0 amide bonds. The molecular weight excluding hydrogens is 713 g/mol. The van der Waals surface area contributed by atoms with Gasteiger partial charge in [0.25, 0.3) is 0 Å². The number of hydrogen-bond acceptors (Lipinski definition) is 7. The fraction of sp³-hybridized carbons (Fsp3) is 0.620. The summed E-state index contributed by atoms with van der Waals surface area (Å²) in [6.07, 6.45) is 22.3. The van der Waals surface area contributed by atoms with Crippen LogP contribution < -0.4 is 28.4 Å². The molecule has 4 aromatic carbocycles. The van der Waals surface area contributed by atoms with Crippen molar-refractivity contribution < 1.29 is 33.2 Å². The second kappa shape index (κ2) is 26.2. The Bertz CT molecular complexity index is 1730. The molecule has 0 aromatic heterocycles. The molecule has 0 N–H and O–H groups in total. The highest BCUT2D eigenvalue weighted by molar-refractivity contribution is 6.27. The van der Waals surface area contributed by atoms with Crippen LogP contribution in [-0.2, 0) is 4.79 Å². The molecule has 0 aliphatic rings. The second-order valence-electron chi connectivity index (χ2n) is 15.7. The molecule has 0 unspecified atom stereocenters. The van der Waals surface area contributed by atoms with Crippen molar-refractivity contribution in [3.8, 4) is 34.5 Å². The number of ether oxygens (including phenoxy) is 6. The lowest BCUT2D eigenvalue weighted by atomic mass is 9.93. The largest absolute Gasteiger partial charge is 0.490 e. The lowest BCUT2D eigenvalue weighted by Crippen LogP contribution is -2.06. The molecule has 57 heavy (non-hydrogen) atoms. The van der Waals surface area contributed by atoms with Gasteiger partial charge in [0.2, 0.25) is 0 Å². The van der Waals surface area contributed by atoms with Crippen LogP contribution in [0.15, 0.2) is 36.4 Å². The maximum absolute atomic E-state index is 12.5. The Labute approximate surface area is 344 Å². The Kier molecular flexibility index (Phi) is 21.1. The van der Waals surface area contributed by atoms with E-state index in [4.69, 9.17) is 28.4 Å². The molecule has 4 aromatic rings. The number of fused-ring (bicyclic) bond motifs is 6. The Morgan fingerprint density at radius 3 is 0.754 bits per heavy atom. The van der Waals surface area contributed by atoms with E-state index in [0.29, 0.717) is 44.5 Å². The Morgan fingerprint density at radius 2 is 0.544 bits per heavy atom. The quantitative estimate of drug-likeness (QED) is 0.0218. The van der Waals surface area contributed by atoms with Crippen LogP contribution in [0.2, 0.25) is 0 Å². The van der Waals surface area contributed by atoms with E-state index in [1.165, 1.54) is 58.3 Å². The summed E-state index contributed by atoms with van der Waals surface area (Å²) < 4.78 is 38.6. The lowest BCUT2D eigenvalue weighted by molar-refractivity contribution is -0.132. The van der Waals surface area contributed by atoms with Gasteiger partial charge in [0.05, 0.1) is 33.0 Å². The second-order valence-corrected chi connectivity index (χ2v) is 15.7. The van der Waals surface area contributed by atoms with Crippen molar-refractivity contribution in [2.75, 3.05) is 33.0 Å². The van der Waals surface area contributed by atoms with Crippen molar-refractivity contribution in [2.45, 2.75) is 170 Å². The lowest BCUT2D eigenvalue weighted by Gasteiger charge is -2.20. The van der Waals surface area contributed by atoms with E-state index < -0.39 is 0 Å². The van der Waals surface area contributed by atoms with E-state index in [-0.39, 0.29) is 5.97 Å². The third-order valence-corrected chi connectivity index (χ3v) is 10.7. The maximum Gasteiger partial charge on any atom is 0.308 e. The zero-order chi connectivity index (χ0) is 40.7. The fourth-order valence-electron chi connectivity index (χ4n) is 7.37. The van der Waals surface area contributed by atoms with Gasteiger partial charge < -0.3 is 28.4 Å². The summed E-state index contributed by atoms with van der Waals surface area (Å²) in [5, 5.41) is 6.01. The van der Waals surface area contributed by atoms with Gasteiger partial charge in [-0.05, 0) is 101 Å². The van der Waals surface area contributed by atoms with Crippen molar-refractivity contribution in [1.29, 1.82) is 0 Å². The summed E-state index contributed by atoms with van der Waals surface area (Å²) >= 11 is 0. The van der Waals surface area contributed by atoms with Gasteiger partial charge in [0.15, 0.2) is 34.5 Å². The molecule has 0 fully saturated rings. The van der Waals surface area contributed by atoms with Gasteiger partial charge in [0.1, 0.15) is 0 Å². The standard InChI is InChI=1S/C50H74O7/c1-7-12-17-22-27-52-45-32-39-40-33-46(53-28-23-18-13-8-2)48(55-30-25-20-15-10-4)35-42(40)44-37-50(57-38(6)51)49(56-31-26-21-16-11-5)36-43(44)41(39)34-47(45)54-29-24-19-14-9-3/h32-37H,7-31H2,1-6H3. The highest BCUT2D eigenvalue weighted by atomic mass is 16.6. The first-order valence-corrected chi connectivity index (χ1v) is 22.8. The van der Waals surface area contributed by atoms with Crippen LogP contribution in [0.5, 0.6) is 34.5 Å². The van der Waals surface area contributed by atoms with Crippen molar-refractivity contribution >= 4 is 38.3 Å². The number of carbonyl (C=O) groups is 1. The molecular formula is C50H74O7. The normalized spacial score (nSPS) is 11.4. The number of rotatable bonds is 31. The summed E-state index contributed by atoms with van der Waals surface area (Å²) in [7, 11) is 0. The molecule has 4 rings (SSSR count). The average Bonchev–Trinajstić information content (AvgIpc) is 3.20. The number of unbranched alkanes of at least 4 members (excludes halogenated alkanes) is 15. The summed E-state index contributed by atoms with van der Waals surface area (Å²) in [5.41, 5.74) is 0. The van der Waals surface area contributed by atoms with Gasteiger partial charge in [-0.1, -0.05) is 131 Å². The molecule has 0 aliphatic carbocycles. The van der Waals surface area contributed by atoms with Crippen LogP contribution in [0.3, 0.4) is 0 Å². The molecule has 316 valence electrons. The number of carbonyl (C=O) groups excluding carboxylic acids is 1. The van der Waals surface area contributed by atoms with Gasteiger partial charge in [-0.15, -0.1) is 0 Å². The van der Waals surface area contributed by atoms with Gasteiger partial charge >= 0.3 is 5.97 Å². The van der Waals surface area contributed by atoms with Crippen molar-refractivity contribution in [2.24, 2.45) is 0 Å². The molecule has 0 atom stereocenters. The van der Waals surface area contributed by atoms with E-state index in [0.717, 1.165) is 132 Å². The minimum Gasteiger partial charge on any atom is -0.490 e. The molecule has 0 bridgehead atoms. The summed E-state index contributed by atoms with van der Waals surface area (Å²) in [5.74, 6) is 3.60. The van der Waals surface area contributed by atoms with E-state index in [1.54, 1.807) is 0 Å². The Balaban J connectivity index is 1.96. The number of hydrogen-bond donors (Lipinski definition) is 0. The fourth-order valence-corrected chi connectivity index (χ4v) is 7.37. The summed E-state index contributed by atoms with van der Waals surface area (Å²) in [6, 6.07) is 12.6. The first kappa shape index (κ1) is 45.8. The Morgan fingerprint density at radius 1 is 0.333 bits per heavy atom. The van der Waals surface area contributed by atoms with Gasteiger partial charge in [-0.2, -0.15) is 0 Å².